The van der Waals surface area contributed by atoms with Gasteiger partial charge in [-0.25, -0.2) is 8.42 Å². The summed E-state index contributed by atoms with van der Waals surface area (Å²) in [6.45, 7) is 3.71. The molecule has 0 amide bonds. The summed E-state index contributed by atoms with van der Waals surface area (Å²) in [4.78, 5) is 0.132. The zero-order valence-corrected chi connectivity index (χ0v) is 15.0. The molecule has 0 aliphatic carbocycles. The smallest absolute Gasteiger partial charge is 0.264 e. The molecule has 0 N–H and O–H groups in total. The molecule has 128 valence electrons. The van der Waals surface area contributed by atoms with E-state index >= 15 is 0 Å². The Balaban J connectivity index is 2.56. The number of hydrogen-bond donors (Lipinski definition) is 0. The molecule has 0 spiro atoms. The largest absolute Gasteiger partial charge is 0.497 e. The fourth-order valence-electron chi connectivity index (χ4n) is 2.18. The third kappa shape index (κ3) is 3.66. The molecular weight excluding hydrogens is 350 g/mol. The third-order valence-corrected chi connectivity index (χ3v) is 5.38. The fraction of sp³-hybridized carbons (Fsp3) is 0.176. The van der Waals surface area contributed by atoms with Crippen molar-refractivity contribution >= 4 is 27.3 Å². The van der Waals surface area contributed by atoms with E-state index in [1.165, 1.54) is 36.7 Å². The van der Waals surface area contributed by atoms with Gasteiger partial charge in [0.05, 0.1) is 31.3 Å². The minimum Gasteiger partial charge on any atom is -0.497 e. The Morgan fingerprint density at radius 2 is 1.79 bits per heavy atom. The summed E-state index contributed by atoms with van der Waals surface area (Å²) in [6.07, 6.45) is 1.50. The van der Waals surface area contributed by atoms with Crippen LogP contribution in [0.1, 0.15) is 0 Å². The van der Waals surface area contributed by atoms with Crippen molar-refractivity contribution in [3.05, 3.63) is 60.1 Å². The second-order valence-electron chi connectivity index (χ2n) is 4.82. The molecule has 0 heterocycles. The van der Waals surface area contributed by atoms with Gasteiger partial charge in [-0.15, -0.1) is 6.58 Å². The van der Waals surface area contributed by atoms with Gasteiger partial charge in [0.1, 0.15) is 11.5 Å². The quantitative estimate of drug-likeness (QED) is 0.699. The lowest BCUT2D eigenvalue weighted by Gasteiger charge is -2.25. The second-order valence-corrected chi connectivity index (χ2v) is 7.12. The van der Waals surface area contributed by atoms with Gasteiger partial charge in [0.25, 0.3) is 10.0 Å². The summed E-state index contributed by atoms with van der Waals surface area (Å²) in [7, 11) is -0.833. The Hall–Kier alpha value is -2.18. The molecule has 2 rings (SSSR count). The van der Waals surface area contributed by atoms with Gasteiger partial charge in [-0.3, -0.25) is 4.31 Å². The molecule has 0 bridgehead atoms. The van der Waals surface area contributed by atoms with Crippen LogP contribution in [0.25, 0.3) is 0 Å². The van der Waals surface area contributed by atoms with Crippen LogP contribution in [0.3, 0.4) is 0 Å². The van der Waals surface area contributed by atoms with Crippen molar-refractivity contribution in [1.82, 2.24) is 0 Å². The zero-order valence-electron chi connectivity index (χ0n) is 13.4. The van der Waals surface area contributed by atoms with Crippen LogP contribution >= 0.6 is 11.6 Å². The van der Waals surface area contributed by atoms with Crippen molar-refractivity contribution in [2.45, 2.75) is 4.90 Å². The van der Waals surface area contributed by atoms with Crippen LogP contribution in [-0.4, -0.2) is 29.2 Å². The van der Waals surface area contributed by atoms with Gasteiger partial charge in [0.2, 0.25) is 0 Å². The van der Waals surface area contributed by atoms with Crippen molar-refractivity contribution in [1.29, 1.82) is 0 Å². The lowest BCUT2D eigenvalue weighted by Crippen LogP contribution is -2.31. The highest BCUT2D eigenvalue weighted by Crippen LogP contribution is 2.35. The molecule has 0 saturated carbocycles. The highest BCUT2D eigenvalue weighted by atomic mass is 35.5. The zero-order chi connectivity index (χ0) is 17.7. The van der Waals surface area contributed by atoms with Gasteiger partial charge in [-0.1, -0.05) is 17.7 Å². The molecular formula is C17H18ClNO4S. The molecule has 0 fully saturated rings. The summed E-state index contributed by atoms with van der Waals surface area (Å²) >= 11 is 6.03. The number of hydrogen-bond acceptors (Lipinski definition) is 4. The van der Waals surface area contributed by atoms with E-state index < -0.39 is 10.0 Å². The van der Waals surface area contributed by atoms with Crippen LogP contribution < -0.4 is 13.8 Å². The van der Waals surface area contributed by atoms with E-state index in [4.69, 9.17) is 21.1 Å². The predicted octanol–water partition coefficient (Wildman–Crippen LogP) is 3.74. The number of sulfonamides is 1. The summed E-state index contributed by atoms with van der Waals surface area (Å²) in [5.41, 5.74) is 0.348. The van der Waals surface area contributed by atoms with Crippen LogP contribution in [0, 0.1) is 0 Å². The first-order valence-electron chi connectivity index (χ1n) is 7.05. The first-order chi connectivity index (χ1) is 11.4. The number of ether oxygens (including phenoxy) is 2. The third-order valence-electron chi connectivity index (χ3n) is 3.35. The fourth-order valence-corrected chi connectivity index (χ4v) is 3.78. The first-order valence-corrected chi connectivity index (χ1v) is 8.87. The molecule has 5 nitrogen and oxygen atoms in total. The number of benzene rings is 2. The molecule has 0 saturated heterocycles. The van der Waals surface area contributed by atoms with E-state index in [9.17, 15) is 8.42 Å². The Kier molecular flexibility index (Phi) is 5.75. The van der Waals surface area contributed by atoms with Crippen LogP contribution in [0.4, 0.5) is 5.69 Å². The van der Waals surface area contributed by atoms with Crippen LogP contribution in [-0.2, 0) is 10.0 Å². The van der Waals surface area contributed by atoms with Gasteiger partial charge in [0, 0.05) is 5.02 Å². The van der Waals surface area contributed by atoms with E-state index in [1.54, 1.807) is 30.3 Å². The summed E-state index contributed by atoms with van der Waals surface area (Å²) in [5, 5.41) is 0.407. The maximum atomic E-state index is 13.0. The minimum atomic E-state index is -3.82. The van der Waals surface area contributed by atoms with E-state index in [0.29, 0.717) is 22.2 Å². The van der Waals surface area contributed by atoms with Crippen molar-refractivity contribution in [2.24, 2.45) is 0 Å². The Morgan fingerprint density at radius 1 is 1.12 bits per heavy atom. The molecule has 24 heavy (non-hydrogen) atoms. The highest BCUT2D eigenvalue weighted by molar-refractivity contribution is 7.92. The second kappa shape index (κ2) is 7.59. The van der Waals surface area contributed by atoms with Crippen molar-refractivity contribution in [3.63, 3.8) is 0 Å². The average molecular weight is 368 g/mol. The average Bonchev–Trinajstić information content (AvgIpc) is 2.59. The molecule has 2 aromatic carbocycles. The van der Waals surface area contributed by atoms with E-state index in [1.807, 2.05) is 0 Å². The lowest BCUT2D eigenvalue weighted by atomic mass is 10.3. The number of methoxy groups -OCH3 is 2. The molecule has 0 atom stereocenters. The van der Waals surface area contributed by atoms with E-state index in [0.717, 1.165) is 0 Å². The van der Waals surface area contributed by atoms with Gasteiger partial charge < -0.3 is 9.47 Å². The van der Waals surface area contributed by atoms with E-state index in [2.05, 4.69) is 6.58 Å². The monoisotopic (exact) mass is 367 g/mol. The van der Waals surface area contributed by atoms with Crippen molar-refractivity contribution < 1.29 is 17.9 Å². The van der Waals surface area contributed by atoms with Gasteiger partial charge in [-0.2, -0.15) is 0 Å². The molecule has 0 unspecified atom stereocenters. The molecule has 0 aromatic heterocycles. The van der Waals surface area contributed by atoms with Gasteiger partial charge in [0.15, 0.2) is 0 Å². The molecule has 0 aliphatic rings. The normalized spacial score (nSPS) is 11.0. The molecule has 0 aliphatic heterocycles. The van der Waals surface area contributed by atoms with Gasteiger partial charge in [-0.05, 0) is 42.5 Å². The number of nitrogens with zero attached hydrogens (tertiary/aromatic N) is 1. The number of rotatable bonds is 7. The maximum absolute atomic E-state index is 13.0. The van der Waals surface area contributed by atoms with E-state index in [-0.39, 0.29) is 11.4 Å². The Morgan fingerprint density at radius 3 is 2.33 bits per heavy atom. The summed E-state index contributed by atoms with van der Waals surface area (Å²) < 4.78 is 37.6. The number of halogens is 1. The standard InChI is InChI=1S/C17H18ClNO4S/c1-4-11-19(16-12-13(18)5-10-17(16)23-3)24(20,21)15-8-6-14(22-2)7-9-15/h4-10,12H,1,11H2,2-3H3. The lowest BCUT2D eigenvalue weighted by molar-refractivity contribution is 0.414. The number of anilines is 1. The van der Waals surface area contributed by atoms with Crippen LogP contribution in [0.15, 0.2) is 60.0 Å². The maximum Gasteiger partial charge on any atom is 0.264 e. The molecule has 7 heteroatoms. The van der Waals surface area contributed by atoms with Crippen molar-refractivity contribution in [3.8, 4) is 11.5 Å². The summed E-state index contributed by atoms with van der Waals surface area (Å²) in [6, 6.07) is 11.0. The summed E-state index contributed by atoms with van der Waals surface area (Å²) in [5.74, 6) is 0.975. The Bertz CT molecular complexity index is 819. The van der Waals surface area contributed by atoms with Crippen LogP contribution in [0.2, 0.25) is 5.02 Å². The predicted molar refractivity (Wildman–Crippen MR) is 95.7 cm³/mol. The topological polar surface area (TPSA) is 55.8 Å². The Labute approximate surface area is 147 Å². The SMILES string of the molecule is C=CCN(c1cc(Cl)ccc1OC)S(=O)(=O)c1ccc(OC)cc1. The minimum absolute atomic E-state index is 0.0745. The molecule has 2 aromatic rings. The first kappa shape index (κ1) is 18.2. The van der Waals surface area contributed by atoms with Gasteiger partial charge >= 0.3 is 0 Å². The molecule has 0 radical (unpaired) electrons. The van der Waals surface area contributed by atoms with Crippen molar-refractivity contribution in [2.75, 3.05) is 25.1 Å². The van der Waals surface area contributed by atoms with Crippen LogP contribution in [0.5, 0.6) is 11.5 Å². The highest BCUT2D eigenvalue weighted by Gasteiger charge is 2.26.